The van der Waals surface area contributed by atoms with Gasteiger partial charge >= 0.3 is 0 Å². The summed E-state index contributed by atoms with van der Waals surface area (Å²) in [5.41, 5.74) is 3.40. The molecular weight excluding hydrogens is 260 g/mol. The summed E-state index contributed by atoms with van der Waals surface area (Å²) in [6.45, 7) is 2.78. The van der Waals surface area contributed by atoms with Crippen LogP contribution in [0.25, 0.3) is 11.4 Å². The molecule has 0 saturated heterocycles. The van der Waals surface area contributed by atoms with Crippen LogP contribution in [-0.2, 0) is 6.54 Å². The van der Waals surface area contributed by atoms with E-state index in [2.05, 4.69) is 39.3 Å². The Morgan fingerprint density at radius 2 is 1.86 bits per heavy atom. The largest absolute Gasteiger partial charge is 0.366 e. The van der Waals surface area contributed by atoms with Gasteiger partial charge in [0, 0.05) is 30.7 Å². The van der Waals surface area contributed by atoms with Crippen molar-refractivity contribution in [1.82, 2.24) is 15.0 Å². The van der Waals surface area contributed by atoms with Crippen LogP contribution in [0.5, 0.6) is 0 Å². The van der Waals surface area contributed by atoms with Gasteiger partial charge in [-0.3, -0.25) is 4.98 Å². The minimum atomic E-state index is 0.715. The van der Waals surface area contributed by atoms with Gasteiger partial charge in [0.15, 0.2) is 5.82 Å². The number of pyridine rings is 1. The SMILES string of the molecule is Cc1cccc(-c2nccc(NCc3ccncc3)n2)c1. The first-order chi connectivity index (χ1) is 10.3. The second-order valence-electron chi connectivity index (χ2n) is 4.84. The number of anilines is 1. The van der Waals surface area contributed by atoms with Crippen molar-refractivity contribution < 1.29 is 0 Å². The second kappa shape index (κ2) is 6.13. The van der Waals surface area contributed by atoms with Crippen LogP contribution in [0.1, 0.15) is 11.1 Å². The third-order valence-electron chi connectivity index (χ3n) is 3.15. The zero-order valence-electron chi connectivity index (χ0n) is 11.8. The van der Waals surface area contributed by atoms with E-state index in [0.29, 0.717) is 6.54 Å². The normalized spacial score (nSPS) is 10.3. The molecule has 3 rings (SSSR count). The lowest BCUT2D eigenvalue weighted by Crippen LogP contribution is -2.02. The highest BCUT2D eigenvalue weighted by atomic mass is 15.0. The predicted octanol–water partition coefficient (Wildman–Crippen LogP) is 3.46. The quantitative estimate of drug-likeness (QED) is 0.793. The van der Waals surface area contributed by atoms with Crippen molar-refractivity contribution in [3.63, 3.8) is 0 Å². The summed E-state index contributed by atoms with van der Waals surface area (Å²) in [5.74, 6) is 1.55. The van der Waals surface area contributed by atoms with Crippen LogP contribution in [0.4, 0.5) is 5.82 Å². The van der Waals surface area contributed by atoms with E-state index in [4.69, 9.17) is 0 Å². The Morgan fingerprint density at radius 3 is 2.67 bits per heavy atom. The standard InChI is InChI=1S/C17H16N4/c1-13-3-2-4-15(11-13)17-19-10-7-16(21-17)20-12-14-5-8-18-9-6-14/h2-11H,12H2,1H3,(H,19,20,21). The highest BCUT2D eigenvalue weighted by Gasteiger charge is 2.03. The number of hydrogen-bond donors (Lipinski definition) is 1. The smallest absolute Gasteiger partial charge is 0.161 e. The molecule has 1 aromatic carbocycles. The van der Waals surface area contributed by atoms with Crippen LogP contribution >= 0.6 is 0 Å². The van der Waals surface area contributed by atoms with Crippen molar-refractivity contribution in [1.29, 1.82) is 0 Å². The van der Waals surface area contributed by atoms with E-state index in [1.165, 1.54) is 11.1 Å². The number of nitrogens with one attached hydrogen (secondary N) is 1. The van der Waals surface area contributed by atoms with E-state index in [0.717, 1.165) is 17.2 Å². The van der Waals surface area contributed by atoms with Crippen molar-refractivity contribution in [3.8, 4) is 11.4 Å². The molecule has 0 fully saturated rings. The number of rotatable bonds is 4. The number of benzene rings is 1. The van der Waals surface area contributed by atoms with Crippen LogP contribution in [0.3, 0.4) is 0 Å². The Morgan fingerprint density at radius 1 is 1.00 bits per heavy atom. The van der Waals surface area contributed by atoms with E-state index in [-0.39, 0.29) is 0 Å². The molecule has 0 radical (unpaired) electrons. The maximum atomic E-state index is 4.56. The van der Waals surface area contributed by atoms with Gasteiger partial charge in [0.05, 0.1) is 0 Å². The Bertz CT molecular complexity index is 726. The molecule has 0 bridgehead atoms. The molecule has 1 N–H and O–H groups in total. The minimum absolute atomic E-state index is 0.715. The van der Waals surface area contributed by atoms with Gasteiger partial charge in [-0.2, -0.15) is 0 Å². The van der Waals surface area contributed by atoms with Crippen molar-refractivity contribution in [2.24, 2.45) is 0 Å². The van der Waals surface area contributed by atoms with Crippen LogP contribution in [-0.4, -0.2) is 15.0 Å². The van der Waals surface area contributed by atoms with Crippen molar-refractivity contribution >= 4 is 5.82 Å². The maximum Gasteiger partial charge on any atom is 0.161 e. The zero-order chi connectivity index (χ0) is 14.5. The molecule has 0 aliphatic carbocycles. The van der Waals surface area contributed by atoms with Crippen molar-refractivity contribution in [2.75, 3.05) is 5.32 Å². The van der Waals surface area contributed by atoms with E-state index in [9.17, 15) is 0 Å². The molecule has 21 heavy (non-hydrogen) atoms. The molecule has 4 heteroatoms. The van der Waals surface area contributed by atoms with Gasteiger partial charge in [0.1, 0.15) is 5.82 Å². The zero-order valence-corrected chi connectivity index (χ0v) is 11.8. The van der Waals surface area contributed by atoms with Crippen molar-refractivity contribution in [3.05, 3.63) is 72.2 Å². The fourth-order valence-corrected chi connectivity index (χ4v) is 2.07. The predicted molar refractivity (Wildman–Crippen MR) is 83.8 cm³/mol. The molecule has 0 aliphatic heterocycles. The number of aryl methyl sites for hydroxylation is 1. The molecule has 2 aromatic heterocycles. The molecule has 0 unspecified atom stereocenters. The summed E-state index contributed by atoms with van der Waals surface area (Å²) in [6, 6.07) is 14.0. The molecule has 0 aliphatic rings. The van der Waals surface area contributed by atoms with Crippen LogP contribution < -0.4 is 5.32 Å². The van der Waals surface area contributed by atoms with Crippen LogP contribution in [0.15, 0.2) is 61.1 Å². The Balaban J connectivity index is 1.77. The summed E-state index contributed by atoms with van der Waals surface area (Å²) in [7, 11) is 0. The lowest BCUT2D eigenvalue weighted by Gasteiger charge is -2.07. The molecular formula is C17H16N4. The minimum Gasteiger partial charge on any atom is -0.366 e. The summed E-state index contributed by atoms with van der Waals surface area (Å²) in [5, 5.41) is 3.31. The number of hydrogen-bond acceptors (Lipinski definition) is 4. The Hall–Kier alpha value is -2.75. The monoisotopic (exact) mass is 276 g/mol. The molecule has 4 nitrogen and oxygen atoms in total. The van der Waals surface area contributed by atoms with E-state index >= 15 is 0 Å². The number of nitrogens with zero attached hydrogens (tertiary/aromatic N) is 3. The summed E-state index contributed by atoms with van der Waals surface area (Å²) in [4.78, 5) is 12.9. The average Bonchev–Trinajstić information content (AvgIpc) is 2.54. The maximum absolute atomic E-state index is 4.56. The molecule has 0 atom stereocenters. The summed E-state index contributed by atoms with van der Waals surface area (Å²) < 4.78 is 0. The highest BCUT2D eigenvalue weighted by molar-refractivity contribution is 5.57. The first-order valence-electron chi connectivity index (χ1n) is 6.84. The third-order valence-corrected chi connectivity index (χ3v) is 3.15. The van der Waals surface area contributed by atoms with Gasteiger partial charge in [-0.15, -0.1) is 0 Å². The van der Waals surface area contributed by atoms with E-state index < -0.39 is 0 Å². The lowest BCUT2D eigenvalue weighted by molar-refractivity contribution is 1.08. The Labute approximate surface area is 123 Å². The van der Waals surface area contributed by atoms with Gasteiger partial charge < -0.3 is 5.32 Å². The lowest BCUT2D eigenvalue weighted by atomic mass is 10.1. The first-order valence-corrected chi connectivity index (χ1v) is 6.84. The molecule has 3 aromatic rings. The van der Waals surface area contributed by atoms with Gasteiger partial charge in [0.2, 0.25) is 0 Å². The molecule has 0 spiro atoms. The topological polar surface area (TPSA) is 50.7 Å². The second-order valence-corrected chi connectivity index (χ2v) is 4.84. The average molecular weight is 276 g/mol. The molecule has 0 saturated carbocycles. The molecule has 0 amide bonds. The van der Waals surface area contributed by atoms with E-state index in [1.807, 2.05) is 30.3 Å². The van der Waals surface area contributed by atoms with Gasteiger partial charge in [0.25, 0.3) is 0 Å². The fourth-order valence-electron chi connectivity index (χ4n) is 2.07. The fraction of sp³-hybridized carbons (Fsp3) is 0.118. The van der Waals surface area contributed by atoms with Crippen molar-refractivity contribution in [2.45, 2.75) is 13.5 Å². The summed E-state index contributed by atoms with van der Waals surface area (Å²) in [6.07, 6.45) is 5.35. The Kier molecular flexibility index (Phi) is 3.87. The molecule has 104 valence electrons. The first kappa shape index (κ1) is 13.2. The van der Waals surface area contributed by atoms with Crippen LogP contribution in [0, 0.1) is 6.92 Å². The third kappa shape index (κ3) is 3.42. The number of aromatic nitrogens is 3. The van der Waals surface area contributed by atoms with Gasteiger partial charge in [-0.1, -0.05) is 23.8 Å². The van der Waals surface area contributed by atoms with E-state index in [1.54, 1.807) is 18.6 Å². The highest BCUT2D eigenvalue weighted by Crippen LogP contribution is 2.17. The van der Waals surface area contributed by atoms with Gasteiger partial charge in [-0.25, -0.2) is 9.97 Å². The molecule has 2 heterocycles. The van der Waals surface area contributed by atoms with Gasteiger partial charge in [-0.05, 0) is 36.8 Å². The summed E-state index contributed by atoms with van der Waals surface area (Å²) >= 11 is 0. The van der Waals surface area contributed by atoms with Crippen LogP contribution in [0.2, 0.25) is 0 Å².